The van der Waals surface area contributed by atoms with Crippen molar-refractivity contribution in [1.29, 1.82) is 0 Å². The molecule has 0 atom stereocenters. The van der Waals surface area contributed by atoms with Gasteiger partial charge in [-0.2, -0.15) is 0 Å². The lowest BCUT2D eigenvalue weighted by molar-refractivity contribution is -0.123. The molecule has 0 aromatic heterocycles. The average Bonchev–Trinajstić information content (AvgIpc) is 2.72. The van der Waals surface area contributed by atoms with Crippen molar-refractivity contribution in [3.8, 4) is 5.75 Å². The summed E-state index contributed by atoms with van der Waals surface area (Å²) in [5.41, 5.74) is 2.48. The predicted octanol–water partition coefficient (Wildman–Crippen LogP) is 3.68. The Balaban J connectivity index is 1.70. The van der Waals surface area contributed by atoms with Gasteiger partial charge in [-0.25, -0.2) is 8.42 Å². The predicted molar refractivity (Wildman–Crippen MR) is 118 cm³/mol. The summed E-state index contributed by atoms with van der Waals surface area (Å²) in [4.78, 5) is 12.1. The third-order valence-electron chi connectivity index (χ3n) is 5.20. The van der Waals surface area contributed by atoms with Crippen LogP contribution in [0.25, 0.3) is 0 Å². The monoisotopic (exact) mass is 430 g/mol. The van der Waals surface area contributed by atoms with Gasteiger partial charge in [0.15, 0.2) is 6.61 Å². The number of nitrogens with one attached hydrogen (secondary N) is 1. The highest BCUT2D eigenvalue weighted by atomic mass is 32.2. The Morgan fingerprint density at radius 3 is 2.70 bits per heavy atom. The number of sulfonamides is 1. The fraction of sp³-hybridized carbons (Fsp3) is 0.435. The van der Waals surface area contributed by atoms with E-state index in [2.05, 4.69) is 19.2 Å². The lowest BCUT2D eigenvalue weighted by atomic mass is 10.0. The molecule has 0 bridgehead atoms. The highest BCUT2D eigenvalue weighted by molar-refractivity contribution is 7.92. The number of anilines is 1. The van der Waals surface area contributed by atoms with Gasteiger partial charge in [-0.05, 0) is 67.5 Å². The minimum Gasteiger partial charge on any atom is -0.484 e. The van der Waals surface area contributed by atoms with Gasteiger partial charge in [0.25, 0.3) is 15.9 Å². The van der Waals surface area contributed by atoms with Gasteiger partial charge in [0.1, 0.15) is 5.75 Å². The first kappa shape index (κ1) is 22.2. The van der Waals surface area contributed by atoms with Crippen molar-refractivity contribution in [2.24, 2.45) is 5.92 Å². The summed E-state index contributed by atoms with van der Waals surface area (Å²) in [5.74, 6) is 0.846. The first-order valence-corrected chi connectivity index (χ1v) is 11.8. The molecule has 1 aliphatic heterocycles. The molecule has 0 saturated heterocycles. The number of carbonyl (C=O) groups is 1. The summed E-state index contributed by atoms with van der Waals surface area (Å²) in [6, 6.07) is 12.4. The van der Waals surface area contributed by atoms with E-state index in [1.54, 1.807) is 25.1 Å². The number of amides is 1. The second-order valence-corrected chi connectivity index (χ2v) is 9.92. The molecule has 0 unspecified atom stereocenters. The minimum absolute atomic E-state index is 0.0927. The molecule has 0 aliphatic carbocycles. The molecule has 1 aliphatic rings. The summed E-state index contributed by atoms with van der Waals surface area (Å²) in [7, 11) is -3.67. The maximum Gasteiger partial charge on any atom is 0.264 e. The maximum atomic E-state index is 13.3. The van der Waals surface area contributed by atoms with E-state index in [4.69, 9.17) is 4.74 Å². The van der Waals surface area contributed by atoms with Gasteiger partial charge >= 0.3 is 0 Å². The number of ether oxygens (including phenoxy) is 1. The van der Waals surface area contributed by atoms with Crippen molar-refractivity contribution in [2.45, 2.75) is 44.9 Å². The molecule has 1 amide bonds. The fourth-order valence-corrected chi connectivity index (χ4v) is 5.14. The second-order valence-electron chi connectivity index (χ2n) is 8.06. The second kappa shape index (κ2) is 9.51. The summed E-state index contributed by atoms with van der Waals surface area (Å²) >= 11 is 0. The quantitative estimate of drug-likeness (QED) is 0.693. The van der Waals surface area contributed by atoms with Gasteiger partial charge in [-0.15, -0.1) is 0 Å². The Morgan fingerprint density at radius 1 is 1.20 bits per heavy atom. The summed E-state index contributed by atoms with van der Waals surface area (Å²) in [6.07, 6.45) is 2.59. The van der Waals surface area contributed by atoms with Crippen LogP contribution in [0.2, 0.25) is 0 Å². The zero-order valence-corrected chi connectivity index (χ0v) is 18.7. The van der Waals surface area contributed by atoms with E-state index in [1.165, 1.54) is 4.31 Å². The number of nitrogens with zero attached hydrogens (tertiary/aromatic N) is 1. The Kier molecular flexibility index (Phi) is 7.02. The average molecular weight is 431 g/mol. The largest absolute Gasteiger partial charge is 0.484 e. The smallest absolute Gasteiger partial charge is 0.264 e. The number of aryl methyl sites for hydroxylation is 2. The van der Waals surface area contributed by atoms with Crippen LogP contribution < -0.4 is 14.4 Å². The van der Waals surface area contributed by atoms with Gasteiger partial charge in [-0.3, -0.25) is 9.10 Å². The molecule has 2 aromatic carbocycles. The highest BCUT2D eigenvalue weighted by Crippen LogP contribution is 2.33. The highest BCUT2D eigenvalue weighted by Gasteiger charge is 2.29. The Morgan fingerprint density at radius 2 is 1.97 bits per heavy atom. The normalized spacial score (nSPS) is 13.8. The summed E-state index contributed by atoms with van der Waals surface area (Å²) in [5, 5.41) is 2.83. The topological polar surface area (TPSA) is 75.7 Å². The van der Waals surface area contributed by atoms with Gasteiger partial charge < -0.3 is 10.1 Å². The molecular weight excluding hydrogens is 400 g/mol. The van der Waals surface area contributed by atoms with Crippen LogP contribution in [0.15, 0.2) is 47.4 Å². The van der Waals surface area contributed by atoms with Crippen molar-refractivity contribution in [3.05, 3.63) is 53.6 Å². The van der Waals surface area contributed by atoms with E-state index >= 15 is 0 Å². The number of carbonyl (C=O) groups excluding carboxylic acids is 1. The van der Waals surface area contributed by atoms with Gasteiger partial charge in [0.05, 0.1) is 10.6 Å². The first-order valence-electron chi connectivity index (χ1n) is 10.4. The number of fused-ring (bicyclic) bond motifs is 1. The maximum absolute atomic E-state index is 13.3. The molecule has 0 radical (unpaired) electrons. The molecule has 0 fully saturated rings. The lowest BCUT2D eigenvalue weighted by Gasteiger charge is -2.30. The van der Waals surface area contributed by atoms with E-state index in [0.29, 0.717) is 30.3 Å². The third kappa shape index (κ3) is 5.14. The lowest BCUT2D eigenvalue weighted by Crippen LogP contribution is -2.35. The molecule has 3 rings (SSSR count). The Labute approximate surface area is 179 Å². The van der Waals surface area contributed by atoms with Crippen LogP contribution in [0.4, 0.5) is 5.69 Å². The third-order valence-corrected chi connectivity index (χ3v) is 7.01. The zero-order valence-electron chi connectivity index (χ0n) is 17.8. The number of benzene rings is 2. The van der Waals surface area contributed by atoms with E-state index in [1.807, 2.05) is 24.3 Å². The first-order chi connectivity index (χ1) is 14.3. The van der Waals surface area contributed by atoms with Gasteiger partial charge in [0.2, 0.25) is 0 Å². The van der Waals surface area contributed by atoms with Crippen LogP contribution in [0, 0.1) is 12.8 Å². The summed E-state index contributed by atoms with van der Waals surface area (Å²) in [6.45, 7) is 6.98. The molecule has 0 spiro atoms. The molecule has 7 heteroatoms. The van der Waals surface area contributed by atoms with Crippen LogP contribution in [-0.4, -0.2) is 34.0 Å². The standard InChI is InChI=1S/C23H30N2O4S/c1-17(2)12-13-24-23(26)16-29-22-11-10-20(15-18(22)3)30(27,28)25-14-6-8-19-7-4-5-9-21(19)25/h4-5,7,9-11,15,17H,6,8,12-14,16H2,1-3H3,(H,24,26). The Hall–Kier alpha value is -2.54. The molecular formula is C23H30N2O4S. The van der Waals surface area contributed by atoms with Crippen molar-refractivity contribution in [1.82, 2.24) is 5.32 Å². The number of hydrogen-bond donors (Lipinski definition) is 1. The number of hydrogen-bond acceptors (Lipinski definition) is 4. The van der Waals surface area contributed by atoms with Crippen LogP contribution in [0.3, 0.4) is 0 Å². The van der Waals surface area contributed by atoms with E-state index in [-0.39, 0.29) is 17.4 Å². The van der Waals surface area contributed by atoms with Crippen molar-refractivity contribution in [2.75, 3.05) is 24.0 Å². The summed E-state index contributed by atoms with van der Waals surface area (Å²) < 4.78 is 33.6. The number of rotatable bonds is 8. The zero-order chi connectivity index (χ0) is 21.7. The van der Waals surface area contributed by atoms with Crippen molar-refractivity contribution < 1.29 is 17.9 Å². The molecule has 2 aromatic rings. The van der Waals surface area contributed by atoms with E-state index < -0.39 is 10.0 Å². The van der Waals surface area contributed by atoms with Crippen LogP contribution in [0.1, 0.15) is 37.8 Å². The van der Waals surface area contributed by atoms with Crippen LogP contribution >= 0.6 is 0 Å². The Bertz CT molecular complexity index is 1000. The van der Waals surface area contributed by atoms with Gasteiger partial charge in [0, 0.05) is 13.1 Å². The molecule has 6 nitrogen and oxygen atoms in total. The van der Waals surface area contributed by atoms with Gasteiger partial charge in [-0.1, -0.05) is 32.0 Å². The molecule has 0 saturated carbocycles. The van der Waals surface area contributed by atoms with Crippen molar-refractivity contribution in [3.63, 3.8) is 0 Å². The van der Waals surface area contributed by atoms with E-state index in [0.717, 1.165) is 30.5 Å². The molecule has 1 N–H and O–H groups in total. The number of para-hydroxylation sites is 1. The molecule has 30 heavy (non-hydrogen) atoms. The van der Waals surface area contributed by atoms with Crippen molar-refractivity contribution >= 4 is 21.6 Å². The molecule has 1 heterocycles. The minimum atomic E-state index is -3.67. The van der Waals surface area contributed by atoms with E-state index in [9.17, 15) is 13.2 Å². The van der Waals surface area contributed by atoms with Crippen LogP contribution in [-0.2, 0) is 21.2 Å². The SMILES string of the molecule is Cc1cc(S(=O)(=O)N2CCCc3ccccc32)ccc1OCC(=O)NCCC(C)C. The fourth-order valence-electron chi connectivity index (χ4n) is 3.51. The van der Waals surface area contributed by atoms with Crippen LogP contribution in [0.5, 0.6) is 5.75 Å². The molecule has 162 valence electrons.